The third kappa shape index (κ3) is 18.0. The second kappa shape index (κ2) is 25.9. The van der Waals surface area contributed by atoms with Gasteiger partial charge in [-0.25, -0.2) is 0 Å². The van der Waals surface area contributed by atoms with Gasteiger partial charge in [0.05, 0.1) is 28.4 Å². The summed E-state index contributed by atoms with van der Waals surface area (Å²) in [6, 6.07) is 38.0. The maximum Gasteiger partial charge on any atom is 0.159 e. The minimum atomic E-state index is 0.0592. The van der Waals surface area contributed by atoms with Gasteiger partial charge in [-0.1, -0.05) is 92.7 Å². The van der Waals surface area contributed by atoms with Crippen LogP contribution in [0.1, 0.15) is 89.3 Å². The smallest absolute Gasteiger partial charge is 0.159 e. The fraction of sp³-hybridized carbons (Fsp3) is 0.255. The highest BCUT2D eigenvalue weighted by Gasteiger charge is 2.01. The van der Waals surface area contributed by atoms with Gasteiger partial charge in [0.15, 0.2) is 17.3 Å². The van der Waals surface area contributed by atoms with E-state index in [4.69, 9.17) is 18.9 Å². The zero-order valence-electron chi connectivity index (χ0n) is 33.5. The number of hydrogen-bond acceptors (Lipinski definition) is 7. The Balaban J connectivity index is 0.000000338. The van der Waals surface area contributed by atoms with Crippen molar-refractivity contribution in [1.82, 2.24) is 0 Å². The zero-order chi connectivity index (χ0) is 40.5. The normalized spacial score (nSPS) is 9.37. The van der Waals surface area contributed by atoms with Crippen molar-refractivity contribution >= 4 is 22.9 Å². The van der Waals surface area contributed by atoms with Crippen molar-refractivity contribution in [3.8, 4) is 23.0 Å². The first-order valence-electron chi connectivity index (χ1n) is 17.6. The fourth-order valence-electron chi connectivity index (χ4n) is 4.48. The number of methoxy groups -OCH3 is 4. The van der Waals surface area contributed by atoms with Crippen LogP contribution in [0.25, 0.3) is 5.57 Å². The molecule has 5 rings (SSSR count). The van der Waals surface area contributed by atoms with E-state index in [0.29, 0.717) is 5.56 Å². The van der Waals surface area contributed by atoms with Crippen LogP contribution in [0.5, 0.6) is 23.0 Å². The first-order valence-corrected chi connectivity index (χ1v) is 17.6. The summed E-state index contributed by atoms with van der Waals surface area (Å²) in [6.07, 6.45) is 2.05. The summed E-state index contributed by atoms with van der Waals surface area (Å²) in [5, 5.41) is 0. The lowest BCUT2D eigenvalue weighted by atomic mass is 10.0. The van der Waals surface area contributed by atoms with E-state index >= 15 is 0 Å². The predicted molar refractivity (Wildman–Crippen MR) is 222 cm³/mol. The molecule has 0 bridgehead atoms. The van der Waals surface area contributed by atoms with Gasteiger partial charge in [0.1, 0.15) is 23.0 Å². The Hall–Kier alpha value is -5.95. The first kappa shape index (κ1) is 46.1. The SMILES string of the molecule is C=C(C)c1cccc(C(C)=O)c1.CCc1cccc(C(C)=O)c1.CCc1cccc(OC)c1.COc1cccc(C(C)=O)c1.COc1cccc(OC)c1. The van der Waals surface area contributed by atoms with Crippen LogP contribution in [0.2, 0.25) is 0 Å². The molecular weight excluding hydrogens is 677 g/mol. The molecule has 0 atom stereocenters. The Morgan fingerprint density at radius 2 is 0.741 bits per heavy atom. The summed E-state index contributed by atoms with van der Waals surface area (Å²) < 4.78 is 20.0. The molecule has 0 N–H and O–H groups in total. The van der Waals surface area contributed by atoms with Gasteiger partial charge in [-0.3, -0.25) is 14.4 Å². The molecule has 0 saturated carbocycles. The van der Waals surface area contributed by atoms with Crippen LogP contribution in [0.4, 0.5) is 0 Å². The topological polar surface area (TPSA) is 88.1 Å². The van der Waals surface area contributed by atoms with Gasteiger partial charge in [-0.2, -0.15) is 0 Å². The number of Topliss-reactive ketones (excluding diaryl/α,β-unsaturated/α-hetero) is 3. The number of ketones is 3. The summed E-state index contributed by atoms with van der Waals surface area (Å²) in [4.78, 5) is 32.8. The van der Waals surface area contributed by atoms with Crippen molar-refractivity contribution < 1.29 is 33.3 Å². The molecule has 7 nitrogen and oxygen atoms in total. The molecule has 0 aliphatic heterocycles. The average Bonchev–Trinajstić information content (AvgIpc) is 3.21. The molecule has 0 spiro atoms. The Morgan fingerprint density at radius 1 is 0.426 bits per heavy atom. The van der Waals surface area contributed by atoms with Gasteiger partial charge < -0.3 is 18.9 Å². The Bertz CT molecular complexity index is 1740. The van der Waals surface area contributed by atoms with Crippen molar-refractivity contribution in [2.45, 2.75) is 54.4 Å². The zero-order valence-corrected chi connectivity index (χ0v) is 33.5. The molecule has 0 saturated heterocycles. The van der Waals surface area contributed by atoms with Crippen LogP contribution in [-0.4, -0.2) is 45.8 Å². The molecule has 0 radical (unpaired) electrons. The molecule has 0 aliphatic carbocycles. The van der Waals surface area contributed by atoms with E-state index in [1.807, 2.05) is 97.9 Å². The summed E-state index contributed by atoms with van der Waals surface area (Å²) in [5.74, 6) is 3.60. The minimum Gasteiger partial charge on any atom is -0.497 e. The van der Waals surface area contributed by atoms with Crippen molar-refractivity contribution in [2.75, 3.05) is 28.4 Å². The van der Waals surface area contributed by atoms with E-state index in [9.17, 15) is 14.4 Å². The van der Waals surface area contributed by atoms with Crippen LogP contribution in [0.15, 0.2) is 128 Å². The number of allylic oxidation sites excluding steroid dienone is 1. The van der Waals surface area contributed by atoms with Gasteiger partial charge >= 0.3 is 0 Å². The highest BCUT2D eigenvalue weighted by Crippen LogP contribution is 2.18. The molecule has 0 aromatic heterocycles. The molecule has 0 unspecified atom stereocenters. The standard InChI is InChI=1S/C11H12O.C10H12O.C9H10O2.C9H12O.C8H10O2/c1-8(2)10-5-4-6-11(7-10)9(3)12;1-3-9-5-4-6-10(7-9)8(2)11;1-7(10)8-4-3-5-9(6-8)11-2;1-3-8-5-4-6-9(7-8)10-2;1-9-7-4-3-5-8(6-7)10-2/h4-7H,1H2,2-3H3;4-7H,3H2,1-2H3;3-6H,1-2H3;4-7H,3H2,1-2H3;3-6H,1-2H3. The number of ether oxygens (including phenoxy) is 4. The fourth-order valence-corrected chi connectivity index (χ4v) is 4.48. The number of carbonyl (C=O) groups is 3. The van der Waals surface area contributed by atoms with Crippen molar-refractivity contribution in [3.05, 3.63) is 161 Å². The summed E-state index contributed by atoms with van der Waals surface area (Å²) in [6.45, 7) is 14.7. The number of benzene rings is 5. The number of rotatable bonds is 10. The van der Waals surface area contributed by atoms with E-state index in [2.05, 4.69) is 32.6 Å². The molecule has 7 heteroatoms. The highest BCUT2D eigenvalue weighted by molar-refractivity contribution is 5.95. The van der Waals surface area contributed by atoms with Crippen LogP contribution >= 0.6 is 0 Å². The molecule has 5 aromatic carbocycles. The maximum absolute atomic E-state index is 11.0. The second-order valence-corrected chi connectivity index (χ2v) is 11.9. The number of carbonyl (C=O) groups excluding carboxylic acids is 3. The molecule has 0 fully saturated rings. The molecule has 54 heavy (non-hydrogen) atoms. The Kier molecular flexibility index (Phi) is 22.1. The quantitative estimate of drug-likeness (QED) is 0.132. The molecule has 0 amide bonds. The lowest BCUT2D eigenvalue weighted by Gasteiger charge is -2.01. The van der Waals surface area contributed by atoms with E-state index in [-0.39, 0.29) is 17.3 Å². The van der Waals surface area contributed by atoms with Gasteiger partial charge in [-0.05, 0) is 106 Å². The largest absolute Gasteiger partial charge is 0.497 e. The number of aryl methyl sites for hydroxylation is 2. The third-order valence-corrected chi connectivity index (χ3v) is 7.80. The third-order valence-electron chi connectivity index (χ3n) is 7.80. The molecule has 0 heterocycles. The summed E-state index contributed by atoms with van der Waals surface area (Å²) in [7, 11) is 6.54. The monoisotopic (exact) mass is 732 g/mol. The Labute approximate surface area is 322 Å². The van der Waals surface area contributed by atoms with Crippen LogP contribution in [0, 0.1) is 0 Å². The summed E-state index contributed by atoms with van der Waals surface area (Å²) >= 11 is 0. The van der Waals surface area contributed by atoms with E-state index in [0.717, 1.165) is 58.1 Å². The second-order valence-electron chi connectivity index (χ2n) is 11.9. The Morgan fingerprint density at radius 3 is 1.17 bits per heavy atom. The van der Waals surface area contributed by atoms with Crippen molar-refractivity contribution in [1.29, 1.82) is 0 Å². The highest BCUT2D eigenvalue weighted by atomic mass is 16.5. The lowest BCUT2D eigenvalue weighted by Crippen LogP contribution is -1.92. The van der Waals surface area contributed by atoms with Crippen LogP contribution in [0.3, 0.4) is 0 Å². The lowest BCUT2D eigenvalue weighted by molar-refractivity contribution is 0.100. The van der Waals surface area contributed by atoms with Gasteiger partial charge in [-0.15, -0.1) is 0 Å². The number of hydrogen-bond donors (Lipinski definition) is 0. The summed E-state index contributed by atoms with van der Waals surface area (Å²) in [5.41, 5.74) is 6.79. The maximum atomic E-state index is 11.0. The average molecular weight is 733 g/mol. The van der Waals surface area contributed by atoms with Crippen LogP contribution < -0.4 is 18.9 Å². The predicted octanol–water partition coefficient (Wildman–Crippen LogP) is 11.2. The van der Waals surface area contributed by atoms with Gasteiger partial charge in [0, 0.05) is 22.8 Å². The molecule has 5 aromatic rings. The van der Waals surface area contributed by atoms with Crippen LogP contribution in [-0.2, 0) is 12.8 Å². The molecule has 0 aliphatic rings. The first-order chi connectivity index (χ1) is 25.8. The minimum absolute atomic E-state index is 0.0592. The van der Waals surface area contributed by atoms with E-state index < -0.39 is 0 Å². The van der Waals surface area contributed by atoms with Crippen molar-refractivity contribution in [2.24, 2.45) is 0 Å². The van der Waals surface area contributed by atoms with Crippen molar-refractivity contribution in [3.63, 3.8) is 0 Å². The van der Waals surface area contributed by atoms with E-state index in [1.165, 1.54) is 18.1 Å². The van der Waals surface area contributed by atoms with E-state index in [1.54, 1.807) is 60.5 Å². The van der Waals surface area contributed by atoms with Gasteiger partial charge in [0.25, 0.3) is 0 Å². The molecular formula is C47H56O7. The molecule has 286 valence electrons. The van der Waals surface area contributed by atoms with Gasteiger partial charge in [0.2, 0.25) is 0 Å².